The number of imide groups is 1. The Morgan fingerprint density at radius 3 is 2.65 bits per heavy atom. The van der Waals surface area contributed by atoms with Gasteiger partial charge in [0.2, 0.25) is 5.91 Å². The molecule has 0 radical (unpaired) electrons. The molecule has 0 unspecified atom stereocenters. The maximum absolute atomic E-state index is 12.2. The maximum atomic E-state index is 12.2. The van der Waals surface area contributed by atoms with E-state index in [1.54, 1.807) is 16.2 Å². The SMILES string of the molecule is O=C1NC(=O)C2(CCN(C(=O)Cc3cccs3)CC2)N1. The molecule has 6 nitrogen and oxygen atoms in total. The molecule has 3 heterocycles. The van der Waals surface area contributed by atoms with E-state index in [1.807, 2.05) is 17.5 Å². The van der Waals surface area contributed by atoms with Gasteiger partial charge in [-0.15, -0.1) is 11.3 Å². The zero-order chi connectivity index (χ0) is 14.2. The van der Waals surface area contributed by atoms with Gasteiger partial charge in [0.1, 0.15) is 5.54 Å². The normalized spacial score (nSPS) is 20.9. The molecule has 0 aromatic carbocycles. The van der Waals surface area contributed by atoms with Crippen molar-refractivity contribution in [3.8, 4) is 0 Å². The zero-order valence-electron chi connectivity index (χ0n) is 10.8. The lowest BCUT2D eigenvalue weighted by Crippen LogP contribution is -2.55. The summed E-state index contributed by atoms with van der Waals surface area (Å²) in [6, 6.07) is 3.43. The molecule has 1 aromatic rings. The summed E-state index contributed by atoms with van der Waals surface area (Å²) in [7, 11) is 0. The van der Waals surface area contributed by atoms with Gasteiger partial charge in [0.05, 0.1) is 6.42 Å². The van der Waals surface area contributed by atoms with Gasteiger partial charge in [-0.1, -0.05) is 6.07 Å². The van der Waals surface area contributed by atoms with Crippen molar-refractivity contribution in [1.82, 2.24) is 15.5 Å². The van der Waals surface area contributed by atoms with E-state index in [0.29, 0.717) is 32.4 Å². The van der Waals surface area contributed by atoms with E-state index in [4.69, 9.17) is 0 Å². The third-order valence-corrected chi connectivity index (χ3v) is 4.77. The van der Waals surface area contributed by atoms with Crippen LogP contribution in [-0.2, 0) is 16.0 Å². The van der Waals surface area contributed by atoms with Crippen LogP contribution in [0.1, 0.15) is 17.7 Å². The fourth-order valence-electron chi connectivity index (χ4n) is 2.69. The Morgan fingerprint density at radius 2 is 2.10 bits per heavy atom. The molecule has 0 saturated carbocycles. The molecule has 1 aromatic heterocycles. The highest BCUT2D eigenvalue weighted by Gasteiger charge is 2.48. The van der Waals surface area contributed by atoms with Crippen molar-refractivity contribution < 1.29 is 14.4 Å². The lowest BCUT2D eigenvalue weighted by molar-refractivity contribution is -0.135. The van der Waals surface area contributed by atoms with Gasteiger partial charge >= 0.3 is 6.03 Å². The number of nitrogens with one attached hydrogen (secondary N) is 2. The van der Waals surface area contributed by atoms with Gasteiger partial charge in [0, 0.05) is 18.0 Å². The van der Waals surface area contributed by atoms with Crippen LogP contribution in [0.3, 0.4) is 0 Å². The van der Waals surface area contributed by atoms with E-state index < -0.39 is 11.6 Å². The Bertz CT molecular complexity index is 547. The Hall–Kier alpha value is -1.89. The van der Waals surface area contributed by atoms with E-state index in [2.05, 4.69) is 10.6 Å². The number of carbonyl (C=O) groups is 3. The molecule has 0 aliphatic carbocycles. The number of likely N-dealkylation sites (tertiary alicyclic amines) is 1. The molecule has 2 aliphatic rings. The Morgan fingerprint density at radius 1 is 1.35 bits per heavy atom. The number of urea groups is 1. The monoisotopic (exact) mass is 293 g/mol. The topological polar surface area (TPSA) is 78.5 Å². The molecule has 20 heavy (non-hydrogen) atoms. The number of thiophene rings is 1. The molecular formula is C13H15N3O3S. The fourth-order valence-corrected chi connectivity index (χ4v) is 3.39. The molecule has 0 bridgehead atoms. The highest BCUT2D eigenvalue weighted by Crippen LogP contribution is 2.26. The van der Waals surface area contributed by atoms with Crippen LogP contribution in [-0.4, -0.2) is 41.4 Å². The molecule has 2 aliphatic heterocycles. The van der Waals surface area contributed by atoms with Crippen LogP contribution in [0.4, 0.5) is 4.79 Å². The average molecular weight is 293 g/mol. The quantitative estimate of drug-likeness (QED) is 0.779. The first-order valence-electron chi connectivity index (χ1n) is 6.53. The Balaban J connectivity index is 1.60. The minimum Gasteiger partial charge on any atom is -0.342 e. The standard InChI is InChI=1S/C13H15N3O3S/c17-10(8-9-2-1-7-20-9)16-5-3-13(4-6-16)11(18)14-12(19)15-13/h1-2,7H,3-6,8H2,(H2,14,15,18,19). The van der Waals surface area contributed by atoms with Crippen molar-refractivity contribution in [3.63, 3.8) is 0 Å². The summed E-state index contributed by atoms with van der Waals surface area (Å²) < 4.78 is 0. The summed E-state index contributed by atoms with van der Waals surface area (Å²) in [5.41, 5.74) is -0.809. The number of hydrogen-bond donors (Lipinski definition) is 2. The molecule has 0 atom stereocenters. The Kier molecular flexibility index (Phi) is 3.21. The van der Waals surface area contributed by atoms with Crippen LogP contribution >= 0.6 is 11.3 Å². The summed E-state index contributed by atoms with van der Waals surface area (Å²) in [6.07, 6.45) is 1.35. The number of amides is 4. The van der Waals surface area contributed by atoms with Gasteiger partial charge in [-0.05, 0) is 24.3 Å². The van der Waals surface area contributed by atoms with Crippen LogP contribution in [0.2, 0.25) is 0 Å². The molecule has 1 spiro atoms. The van der Waals surface area contributed by atoms with E-state index in [9.17, 15) is 14.4 Å². The van der Waals surface area contributed by atoms with Crippen molar-refractivity contribution in [2.24, 2.45) is 0 Å². The Labute approximate surface area is 120 Å². The number of carbonyl (C=O) groups excluding carboxylic acids is 3. The van der Waals surface area contributed by atoms with Crippen LogP contribution in [0.5, 0.6) is 0 Å². The minimum absolute atomic E-state index is 0.0760. The summed E-state index contributed by atoms with van der Waals surface area (Å²) in [5.74, 6) is -0.195. The largest absolute Gasteiger partial charge is 0.342 e. The smallest absolute Gasteiger partial charge is 0.322 e. The predicted octanol–water partition coefficient (Wildman–Crippen LogP) is 0.491. The van der Waals surface area contributed by atoms with E-state index in [1.165, 1.54) is 0 Å². The second kappa shape index (κ2) is 4.90. The van der Waals surface area contributed by atoms with Gasteiger partial charge in [-0.2, -0.15) is 0 Å². The molecule has 2 fully saturated rings. The summed E-state index contributed by atoms with van der Waals surface area (Å²) in [5, 5.41) is 6.91. The second-order valence-corrected chi connectivity index (χ2v) is 6.16. The van der Waals surface area contributed by atoms with Crippen molar-refractivity contribution in [1.29, 1.82) is 0 Å². The maximum Gasteiger partial charge on any atom is 0.322 e. The highest BCUT2D eigenvalue weighted by molar-refractivity contribution is 7.10. The average Bonchev–Trinajstić information content (AvgIpc) is 3.00. The number of piperidine rings is 1. The van der Waals surface area contributed by atoms with Gasteiger partial charge in [-0.3, -0.25) is 14.9 Å². The van der Waals surface area contributed by atoms with E-state index in [-0.39, 0.29) is 11.8 Å². The highest BCUT2D eigenvalue weighted by atomic mass is 32.1. The molecule has 2 N–H and O–H groups in total. The lowest BCUT2D eigenvalue weighted by atomic mass is 9.87. The first-order valence-corrected chi connectivity index (χ1v) is 7.41. The molecular weight excluding hydrogens is 278 g/mol. The fraction of sp³-hybridized carbons (Fsp3) is 0.462. The van der Waals surface area contributed by atoms with E-state index >= 15 is 0 Å². The van der Waals surface area contributed by atoms with Crippen molar-refractivity contribution >= 4 is 29.2 Å². The van der Waals surface area contributed by atoms with Crippen LogP contribution in [0.15, 0.2) is 17.5 Å². The number of rotatable bonds is 2. The first-order chi connectivity index (χ1) is 9.59. The third kappa shape index (κ3) is 2.29. The lowest BCUT2D eigenvalue weighted by Gasteiger charge is -2.37. The molecule has 2 saturated heterocycles. The number of nitrogens with zero attached hydrogens (tertiary/aromatic N) is 1. The van der Waals surface area contributed by atoms with Gasteiger partial charge in [0.25, 0.3) is 5.91 Å². The van der Waals surface area contributed by atoms with Gasteiger partial charge in [-0.25, -0.2) is 4.79 Å². The van der Waals surface area contributed by atoms with Crippen molar-refractivity contribution in [2.75, 3.05) is 13.1 Å². The molecule has 4 amide bonds. The first kappa shape index (κ1) is 13.1. The third-order valence-electron chi connectivity index (χ3n) is 3.89. The molecule has 7 heteroatoms. The molecule has 106 valence electrons. The van der Waals surface area contributed by atoms with Crippen LogP contribution in [0.25, 0.3) is 0 Å². The van der Waals surface area contributed by atoms with Crippen molar-refractivity contribution in [2.45, 2.75) is 24.8 Å². The van der Waals surface area contributed by atoms with Crippen LogP contribution < -0.4 is 10.6 Å². The van der Waals surface area contributed by atoms with Gasteiger partial charge < -0.3 is 10.2 Å². The minimum atomic E-state index is -0.809. The zero-order valence-corrected chi connectivity index (χ0v) is 11.7. The summed E-state index contributed by atoms with van der Waals surface area (Å²) in [4.78, 5) is 38.0. The van der Waals surface area contributed by atoms with E-state index in [0.717, 1.165) is 4.88 Å². The summed E-state index contributed by atoms with van der Waals surface area (Å²) >= 11 is 1.57. The predicted molar refractivity (Wildman–Crippen MR) is 73.2 cm³/mol. The molecule has 3 rings (SSSR count). The summed E-state index contributed by atoms with van der Waals surface area (Å²) in [6.45, 7) is 0.996. The van der Waals surface area contributed by atoms with Gasteiger partial charge in [0.15, 0.2) is 0 Å². The van der Waals surface area contributed by atoms with Crippen LogP contribution in [0, 0.1) is 0 Å². The van der Waals surface area contributed by atoms with Crippen molar-refractivity contribution in [3.05, 3.63) is 22.4 Å². The second-order valence-electron chi connectivity index (χ2n) is 5.13. The number of hydrogen-bond acceptors (Lipinski definition) is 4.